The van der Waals surface area contributed by atoms with Crippen LogP contribution >= 0.6 is 0 Å². The average molecular weight is 256 g/mol. The van der Waals surface area contributed by atoms with E-state index in [1.165, 1.54) is 29.7 Å². The third-order valence-corrected chi connectivity index (χ3v) is 3.98. The van der Waals surface area contributed by atoms with Gasteiger partial charge in [-0.3, -0.25) is 0 Å². The standard InChI is InChI=1S/C17H24N2/c1-14-7-8-16-15(12-14)6-4-10-19(16)11-5-9-17(2,3)13-18/h7-8,12H,4-6,9-11H2,1-3H3. The van der Waals surface area contributed by atoms with E-state index >= 15 is 0 Å². The van der Waals surface area contributed by atoms with Gasteiger partial charge in [0.2, 0.25) is 0 Å². The van der Waals surface area contributed by atoms with E-state index in [9.17, 15) is 0 Å². The lowest BCUT2D eigenvalue weighted by Crippen LogP contribution is -2.30. The maximum absolute atomic E-state index is 9.06. The molecule has 2 heteroatoms. The fourth-order valence-electron chi connectivity index (χ4n) is 2.80. The zero-order valence-corrected chi connectivity index (χ0v) is 12.4. The van der Waals surface area contributed by atoms with Crippen LogP contribution in [0, 0.1) is 23.7 Å². The highest BCUT2D eigenvalue weighted by Gasteiger charge is 2.19. The smallest absolute Gasteiger partial charge is 0.0683 e. The zero-order chi connectivity index (χ0) is 13.9. The first-order valence-corrected chi connectivity index (χ1v) is 7.27. The maximum atomic E-state index is 9.06. The van der Waals surface area contributed by atoms with E-state index in [1.807, 2.05) is 13.8 Å². The second kappa shape index (κ2) is 5.65. The van der Waals surface area contributed by atoms with E-state index in [-0.39, 0.29) is 5.41 Å². The Balaban J connectivity index is 1.99. The van der Waals surface area contributed by atoms with Crippen molar-refractivity contribution >= 4 is 5.69 Å². The van der Waals surface area contributed by atoms with Gasteiger partial charge in [0.05, 0.1) is 11.5 Å². The van der Waals surface area contributed by atoms with Crippen LogP contribution in [0.3, 0.4) is 0 Å². The molecule has 0 spiro atoms. The van der Waals surface area contributed by atoms with Crippen molar-refractivity contribution in [2.45, 2.75) is 46.5 Å². The van der Waals surface area contributed by atoms with Crippen LogP contribution in [0.25, 0.3) is 0 Å². The lowest BCUT2D eigenvalue weighted by Gasteiger charge is -2.32. The quantitative estimate of drug-likeness (QED) is 0.811. The van der Waals surface area contributed by atoms with Crippen molar-refractivity contribution in [3.05, 3.63) is 29.3 Å². The van der Waals surface area contributed by atoms with Crippen LogP contribution < -0.4 is 4.90 Å². The molecule has 102 valence electrons. The number of anilines is 1. The van der Waals surface area contributed by atoms with Crippen LogP contribution in [0.5, 0.6) is 0 Å². The third-order valence-electron chi connectivity index (χ3n) is 3.98. The molecule has 0 saturated heterocycles. The summed E-state index contributed by atoms with van der Waals surface area (Å²) in [5.41, 5.74) is 4.06. The predicted molar refractivity (Wildman–Crippen MR) is 80.3 cm³/mol. The molecule has 1 aliphatic rings. The normalized spacial score (nSPS) is 14.9. The van der Waals surface area contributed by atoms with Crippen molar-refractivity contribution in [2.24, 2.45) is 5.41 Å². The first-order chi connectivity index (χ1) is 9.02. The van der Waals surface area contributed by atoms with Gasteiger partial charge >= 0.3 is 0 Å². The minimum Gasteiger partial charge on any atom is -0.371 e. The molecule has 0 aliphatic carbocycles. The first kappa shape index (κ1) is 13.9. The van der Waals surface area contributed by atoms with E-state index in [2.05, 4.69) is 36.1 Å². The summed E-state index contributed by atoms with van der Waals surface area (Å²) in [4.78, 5) is 2.49. The van der Waals surface area contributed by atoms with Crippen LogP contribution in [0.4, 0.5) is 5.69 Å². The van der Waals surface area contributed by atoms with Gasteiger partial charge in [0, 0.05) is 18.8 Å². The highest BCUT2D eigenvalue weighted by Crippen LogP contribution is 2.29. The van der Waals surface area contributed by atoms with Crippen LogP contribution in [-0.4, -0.2) is 13.1 Å². The minimum atomic E-state index is -0.189. The molecule has 0 aromatic heterocycles. The molecule has 0 N–H and O–H groups in total. The largest absolute Gasteiger partial charge is 0.371 e. The van der Waals surface area contributed by atoms with E-state index in [4.69, 9.17) is 5.26 Å². The number of hydrogen-bond donors (Lipinski definition) is 0. The Morgan fingerprint density at radius 1 is 1.37 bits per heavy atom. The summed E-state index contributed by atoms with van der Waals surface area (Å²) in [5.74, 6) is 0. The van der Waals surface area contributed by atoms with Crippen molar-refractivity contribution in [1.82, 2.24) is 0 Å². The Bertz CT molecular complexity index is 483. The van der Waals surface area contributed by atoms with Crippen molar-refractivity contribution in [1.29, 1.82) is 5.26 Å². The number of benzene rings is 1. The number of aryl methyl sites for hydroxylation is 2. The molecular formula is C17H24N2. The summed E-state index contributed by atoms with van der Waals surface area (Å²) in [6.07, 6.45) is 4.52. The molecule has 1 aromatic carbocycles. The summed E-state index contributed by atoms with van der Waals surface area (Å²) in [7, 11) is 0. The lowest BCUT2D eigenvalue weighted by molar-refractivity contribution is 0.433. The summed E-state index contributed by atoms with van der Waals surface area (Å²) >= 11 is 0. The fraction of sp³-hybridized carbons (Fsp3) is 0.588. The van der Waals surface area contributed by atoms with Crippen LogP contribution in [0.2, 0.25) is 0 Å². The molecular weight excluding hydrogens is 232 g/mol. The van der Waals surface area contributed by atoms with E-state index in [0.29, 0.717) is 0 Å². The Hall–Kier alpha value is -1.49. The van der Waals surface area contributed by atoms with Crippen LogP contribution in [0.1, 0.15) is 44.2 Å². The van der Waals surface area contributed by atoms with E-state index in [1.54, 1.807) is 0 Å². The SMILES string of the molecule is Cc1ccc2c(c1)CCCN2CCCC(C)(C)C#N. The van der Waals surface area contributed by atoms with Crippen LogP contribution in [-0.2, 0) is 6.42 Å². The molecule has 0 saturated carbocycles. The molecule has 0 atom stereocenters. The topological polar surface area (TPSA) is 27.0 Å². The number of fused-ring (bicyclic) bond motifs is 1. The van der Waals surface area contributed by atoms with Crippen molar-refractivity contribution < 1.29 is 0 Å². The van der Waals surface area contributed by atoms with Crippen molar-refractivity contribution in [3.8, 4) is 6.07 Å². The second-order valence-corrected chi connectivity index (χ2v) is 6.32. The van der Waals surface area contributed by atoms with Gasteiger partial charge in [-0.1, -0.05) is 17.7 Å². The van der Waals surface area contributed by atoms with E-state index < -0.39 is 0 Å². The van der Waals surface area contributed by atoms with Gasteiger partial charge in [0.15, 0.2) is 0 Å². The fourth-order valence-corrected chi connectivity index (χ4v) is 2.80. The first-order valence-electron chi connectivity index (χ1n) is 7.27. The molecule has 2 nitrogen and oxygen atoms in total. The summed E-state index contributed by atoms with van der Waals surface area (Å²) in [6, 6.07) is 9.18. The predicted octanol–water partition coefficient (Wildman–Crippen LogP) is 4.08. The minimum absolute atomic E-state index is 0.189. The van der Waals surface area contributed by atoms with Crippen LogP contribution in [0.15, 0.2) is 18.2 Å². The van der Waals surface area contributed by atoms with Crippen molar-refractivity contribution in [3.63, 3.8) is 0 Å². The Kier molecular flexibility index (Phi) is 4.14. The summed E-state index contributed by atoms with van der Waals surface area (Å²) in [6.45, 7) is 8.44. The van der Waals surface area contributed by atoms with E-state index in [0.717, 1.165) is 25.9 Å². The molecule has 0 bridgehead atoms. The molecule has 0 radical (unpaired) electrons. The zero-order valence-electron chi connectivity index (χ0n) is 12.4. The number of rotatable bonds is 4. The molecule has 1 heterocycles. The molecule has 0 amide bonds. The summed E-state index contributed by atoms with van der Waals surface area (Å²) < 4.78 is 0. The Morgan fingerprint density at radius 2 is 2.16 bits per heavy atom. The number of hydrogen-bond acceptors (Lipinski definition) is 2. The van der Waals surface area contributed by atoms with Gasteiger partial charge in [-0.2, -0.15) is 5.26 Å². The summed E-state index contributed by atoms with van der Waals surface area (Å²) in [5, 5.41) is 9.06. The average Bonchev–Trinajstić information content (AvgIpc) is 2.38. The van der Waals surface area contributed by atoms with Gasteiger partial charge in [-0.25, -0.2) is 0 Å². The monoisotopic (exact) mass is 256 g/mol. The molecule has 0 unspecified atom stereocenters. The van der Waals surface area contributed by atoms with Gasteiger partial charge in [-0.05, 0) is 58.1 Å². The molecule has 0 fully saturated rings. The highest BCUT2D eigenvalue weighted by molar-refractivity contribution is 5.56. The lowest BCUT2D eigenvalue weighted by atomic mass is 9.89. The van der Waals surface area contributed by atoms with Gasteiger partial charge in [0.25, 0.3) is 0 Å². The molecule has 2 rings (SSSR count). The maximum Gasteiger partial charge on any atom is 0.0683 e. The highest BCUT2D eigenvalue weighted by atomic mass is 15.1. The molecule has 1 aromatic rings. The third kappa shape index (κ3) is 3.50. The van der Waals surface area contributed by atoms with Gasteiger partial charge < -0.3 is 4.90 Å². The van der Waals surface area contributed by atoms with Gasteiger partial charge in [0.1, 0.15) is 0 Å². The Morgan fingerprint density at radius 3 is 2.89 bits per heavy atom. The molecule has 19 heavy (non-hydrogen) atoms. The van der Waals surface area contributed by atoms with Gasteiger partial charge in [-0.15, -0.1) is 0 Å². The Labute approximate surface area is 117 Å². The van der Waals surface area contributed by atoms with Crippen molar-refractivity contribution in [2.75, 3.05) is 18.0 Å². The number of nitriles is 1. The second-order valence-electron chi connectivity index (χ2n) is 6.32. The number of nitrogens with zero attached hydrogens (tertiary/aromatic N) is 2. The molecule has 1 aliphatic heterocycles.